The molecule has 0 bridgehead atoms. The fourth-order valence-corrected chi connectivity index (χ4v) is 3.04. The van der Waals surface area contributed by atoms with Crippen LogP contribution in [0.25, 0.3) is 0 Å². The van der Waals surface area contributed by atoms with Gasteiger partial charge in [0.2, 0.25) is 5.91 Å². The van der Waals surface area contributed by atoms with Crippen LogP contribution in [-0.2, 0) is 4.79 Å². The van der Waals surface area contributed by atoms with Crippen molar-refractivity contribution in [2.24, 2.45) is 5.92 Å². The highest BCUT2D eigenvalue weighted by Gasteiger charge is 2.26. The molecule has 1 aliphatic heterocycles. The first-order valence-corrected chi connectivity index (χ1v) is 9.65. The van der Waals surface area contributed by atoms with E-state index in [1.807, 2.05) is 13.8 Å². The van der Waals surface area contributed by atoms with Crippen LogP contribution in [0.5, 0.6) is 23.0 Å². The highest BCUT2D eigenvalue weighted by atomic mass is 16.6. The fourth-order valence-electron chi connectivity index (χ4n) is 3.04. The van der Waals surface area contributed by atoms with Crippen LogP contribution >= 0.6 is 0 Å². The SMILES string of the molecule is COc1cc(OC)cc(C(=O)N[C@@H](C(=O)Nc2ccc3c(c2)OCCO3)C(C)C)c1. The Bertz CT molecular complexity index is 906. The van der Waals surface area contributed by atoms with Crippen molar-refractivity contribution in [3.63, 3.8) is 0 Å². The number of carbonyl (C=O) groups excluding carboxylic acids is 2. The van der Waals surface area contributed by atoms with Crippen molar-refractivity contribution in [3.05, 3.63) is 42.0 Å². The molecule has 2 aromatic rings. The van der Waals surface area contributed by atoms with Gasteiger partial charge in [-0.25, -0.2) is 0 Å². The van der Waals surface area contributed by atoms with Crippen LogP contribution in [0.1, 0.15) is 24.2 Å². The van der Waals surface area contributed by atoms with Crippen LogP contribution < -0.4 is 29.6 Å². The van der Waals surface area contributed by atoms with Crippen LogP contribution in [0.3, 0.4) is 0 Å². The quantitative estimate of drug-likeness (QED) is 0.724. The van der Waals surface area contributed by atoms with Gasteiger partial charge in [0.25, 0.3) is 5.91 Å². The normalized spacial score (nSPS) is 13.4. The maximum Gasteiger partial charge on any atom is 0.252 e. The Kier molecular flexibility index (Phi) is 6.66. The molecule has 1 atom stereocenters. The average molecular weight is 414 g/mol. The summed E-state index contributed by atoms with van der Waals surface area (Å²) >= 11 is 0. The lowest BCUT2D eigenvalue weighted by Gasteiger charge is -2.23. The molecule has 8 heteroatoms. The molecule has 3 rings (SSSR count). The summed E-state index contributed by atoms with van der Waals surface area (Å²) in [5.74, 6) is 1.32. The van der Waals surface area contributed by atoms with Gasteiger partial charge < -0.3 is 29.6 Å². The first-order valence-electron chi connectivity index (χ1n) is 9.65. The van der Waals surface area contributed by atoms with Crippen molar-refractivity contribution < 1.29 is 28.5 Å². The summed E-state index contributed by atoms with van der Waals surface area (Å²) in [5, 5.41) is 5.64. The van der Waals surface area contributed by atoms with Crippen molar-refractivity contribution in [1.29, 1.82) is 0 Å². The summed E-state index contributed by atoms with van der Waals surface area (Å²) in [6.07, 6.45) is 0. The standard InChI is InChI=1S/C22H26N2O6/c1-13(2)20(24-21(25)14-9-16(27-3)12-17(10-14)28-4)22(26)23-15-5-6-18-19(11-15)30-8-7-29-18/h5-6,9-13,20H,7-8H2,1-4H3,(H,23,26)(H,24,25)/t20-/m1/s1. The minimum atomic E-state index is -0.747. The van der Waals surface area contributed by atoms with Crippen molar-refractivity contribution in [3.8, 4) is 23.0 Å². The van der Waals surface area contributed by atoms with Gasteiger partial charge in [-0.3, -0.25) is 9.59 Å². The third-order valence-electron chi connectivity index (χ3n) is 4.66. The molecule has 2 amide bonds. The third kappa shape index (κ3) is 4.94. The van der Waals surface area contributed by atoms with Crippen molar-refractivity contribution in [1.82, 2.24) is 5.32 Å². The molecule has 2 N–H and O–H groups in total. The van der Waals surface area contributed by atoms with Crippen LogP contribution in [0, 0.1) is 5.92 Å². The molecule has 0 saturated heterocycles. The first-order chi connectivity index (χ1) is 14.4. The molecule has 1 aliphatic rings. The number of amides is 2. The van der Waals surface area contributed by atoms with E-state index in [-0.39, 0.29) is 11.8 Å². The molecule has 30 heavy (non-hydrogen) atoms. The molecule has 160 valence electrons. The average Bonchev–Trinajstić information content (AvgIpc) is 2.76. The summed E-state index contributed by atoms with van der Waals surface area (Å²) in [6, 6.07) is 9.29. The van der Waals surface area contributed by atoms with Gasteiger partial charge in [-0.2, -0.15) is 0 Å². The molecule has 0 saturated carbocycles. The van der Waals surface area contributed by atoms with E-state index in [1.54, 1.807) is 36.4 Å². The van der Waals surface area contributed by atoms with Crippen molar-refractivity contribution in [2.75, 3.05) is 32.8 Å². The molecule has 0 radical (unpaired) electrons. The number of methoxy groups -OCH3 is 2. The monoisotopic (exact) mass is 414 g/mol. The number of anilines is 1. The second kappa shape index (κ2) is 9.39. The molecule has 0 aromatic heterocycles. The highest BCUT2D eigenvalue weighted by molar-refractivity contribution is 6.01. The molecule has 2 aromatic carbocycles. The molecule has 8 nitrogen and oxygen atoms in total. The number of rotatable bonds is 7. The van der Waals surface area contributed by atoms with E-state index in [2.05, 4.69) is 10.6 Å². The van der Waals surface area contributed by atoms with E-state index >= 15 is 0 Å². The number of ether oxygens (including phenoxy) is 4. The van der Waals surface area contributed by atoms with Gasteiger partial charge in [0, 0.05) is 23.4 Å². The minimum Gasteiger partial charge on any atom is -0.497 e. The minimum absolute atomic E-state index is 0.140. The number of benzene rings is 2. The maximum absolute atomic E-state index is 12.9. The molecular weight excluding hydrogens is 388 g/mol. The third-order valence-corrected chi connectivity index (χ3v) is 4.66. The topological polar surface area (TPSA) is 95.1 Å². The zero-order chi connectivity index (χ0) is 21.7. The van der Waals surface area contributed by atoms with Crippen LogP contribution in [0.4, 0.5) is 5.69 Å². The lowest BCUT2D eigenvalue weighted by molar-refractivity contribution is -0.118. The Morgan fingerprint density at radius 2 is 1.57 bits per heavy atom. The van der Waals surface area contributed by atoms with Crippen molar-refractivity contribution in [2.45, 2.75) is 19.9 Å². The van der Waals surface area contributed by atoms with Gasteiger partial charge in [0.15, 0.2) is 11.5 Å². The lowest BCUT2D eigenvalue weighted by Crippen LogP contribution is -2.47. The molecule has 0 spiro atoms. The maximum atomic E-state index is 12.9. The van der Waals surface area contributed by atoms with Gasteiger partial charge in [-0.15, -0.1) is 0 Å². The summed E-state index contributed by atoms with van der Waals surface area (Å²) in [5.41, 5.74) is 0.899. The number of hydrogen-bond acceptors (Lipinski definition) is 6. The second-order valence-electron chi connectivity index (χ2n) is 7.14. The zero-order valence-corrected chi connectivity index (χ0v) is 17.5. The van der Waals surface area contributed by atoms with Gasteiger partial charge in [-0.05, 0) is 30.2 Å². The van der Waals surface area contributed by atoms with E-state index < -0.39 is 11.9 Å². The van der Waals surface area contributed by atoms with Gasteiger partial charge in [0.05, 0.1) is 14.2 Å². The zero-order valence-electron chi connectivity index (χ0n) is 17.5. The molecular formula is C22H26N2O6. The molecule has 0 unspecified atom stereocenters. The summed E-state index contributed by atoms with van der Waals surface area (Å²) < 4.78 is 21.5. The first kappa shape index (κ1) is 21.3. The number of fused-ring (bicyclic) bond motifs is 1. The van der Waals surface area contributed by atoms with Gasteiger partial charge in [-0.1, -0.05) is 13.8 Å². The lowest BCUT2D eigenvalue weighted by atomic mass is 10.0. The van der Waals surface area contributed by atoms with Crippen molar-refractivity contribution >= 4 is 17.5 Å². The van der Waals surface area contributed by atoms with Crippen LogP contribution in [0.2, 0.25) is 0 Å². The summed E-state index contributed by atoms with van der Waals surface area (Å²) in [4.78, 5) is 25.7. The highest BCUT2D eigenvalue weighted by Crippen LogP contribution is 2.32. The largest absolute Gasteiger partial charge is 0.497 e. The Hall–Kier alpha value is -3.42. The van der Waals surface area contributed by atoms with E-state index in [0.717, 1.165) is 0 Å². The molecule has 0 aliphatic carbocycles. The number of carbonyl (C=O) groups is 2. The molecule has 0 fully saturated rings. The van der Waals surface area contributed by atoms with Crippen LogP contribution in [0.15, 0.2) is 36.4 Å². The smallest absolute Gasteiger partial charge is 0.252 e. The van der Waals surface area contributed by atoms with Gasteiger partial charge >= 0.3 is 0 Å². The molecule has 1 heterocycles. The van der Waals surface area contributed by atoms with E-state index in [9.17, 15) is 9.59 Å². The Morgan fingerprint density at radius 3 is 2.17 bits per heavy atom. The van der Waals surface area contributed by atoms with Gasteiger partial charge in [0.1, 0.15) is 30.8 Å². The van der Waals surface area contributed by atoms with E-state index in [0.29, 0.717) is 47.5 Å². The van der Waals surface area contributed by atoms with E-state index in [4.69, 9.17) is 18.9 Å². The Morgan fingerprint density at radius 1 is 0.933 bits per heavy atom. The Balaban J connectivity index is 1.74. The number of nitrogens with one attached hydrogen (secondary N) is 2. The Labute approximate surface area is 175 Å². The number of hydrogen-bond donors (Lipinski definition) is 2. The summed E-state index contributed by atoms with van der Waals surface area (Å²) in [7, 11) is 3.02. The fraction of sp³-hybridized carbons (Fsp3) is 0.364. The predicted octanol–water partition coefficient (Wildman–Crippen LogP) is 2.87. The van der Waals surface area contributed by atoms with E-state index in [1.165, 1.54) is 14.2 Å². The summed E-state index contributed by atoms with van der Waals surface area (Å²) in [6.45, 7) is 4.68. The van der Waals surface area contributed by atoms with Crippen LogP contribution in [-0.4, -0.2) is 45.3 Å². The predicted molar refractivity (Wildman–Crippen MR) is 112 cm³/mol. The second-order valence-corrected chi connectivity index (χ2v) is 7.14.